The van der Waals surface area contributed by atoms with Crippen LogP contribution in [0.1, 0.15) is 20.7 Å². The molecule has 0 amide bonds. The number of hydrogen-bond donors (Lipinski definition) is 2. The molecule has 0 aliphatic rings. The lowest BCUT2D eigenvalue weighted by molar-refractivity contribution is 0.0817. The monoisotopic (exact) mass is 317 g/mol. The highest BCUT2D eigenvalue weighted by atomic mass is 16.3. The van der Waals surface area contributed by atoms with Gasteiger partial charge in [0.25, 0.3) is 0 Å². The Morgan fingerprint density at radius 3 is 1.83 bits per heavy atom. The first-order chi connectivity index (χ1) is 11.6. The molecule has 3 aromatic carbocycles. The number of Topliss-reactive ketones (excluding diaryl/α,β-unsaturated/α-hetero) is 2. The minimum atomic E-state index is -0.546. The van der Waals surface area contributed by atoms with E-state index < -0.39 is 11.6 Å². The first-order valence-corrected chi connectivity index (χ1v) is 7.44. The van der Waals surface area contributed by atoms with Crippen molar-refractivity contribution in [2.24, 2.45) is 0 Å². The van der Waals surface area contributed by atoms with Crippen molar-refractivity contribution in [2.75, 3.05) is 5.32 Å². The zero-order valence-corrected chi connectivity index (χ0v) is 12.8. The molecule has 0 saturated heterocycles. The fourth-order valence-corrected chi connectivity index (χ4v) is 2.29. The van der Waals surface area contributed by atoms with Crippen LogP contribution in [0.2, 0.25) is 0 Å². The highest BCUT2D eigenvalue weighted by Crippen LogP contribution is 2.26. The van der Waals surface area contributed by atoms with Gasteiger partial charge < -0.3 is 10.4 Å². The highest BCUT2D eigenvalue weighted by Gasteiger charge is 2.17. The van der Waals surface area contributed by atoms with Gasteiger partial charge in [-0.1, -0.05) is 42.5 Å². The maximum absolute atomic E-state index is 12.3. The van der Waals surface area contributed by atoms with Crippen molar-refractivity contribution in [3.05, 3.63) is 90.0 Å². The van der Waals surface area contributed by atoms with Crippen LogP contribution in [0.4, 0.5) is 11.4 Å². The second kappa shape index (κ2) is 6.79. The van der Waals surface area contributed by atoms with Crippen LogP contribution in [0.25, 0.3) is 0 Å². The van der Waals surface area contributed by atoms with Gasteiger partial charge in [-0.2, -0.15) is 0 Å². The van der Waals surface area contributed by atoms with Gasteiger partial charge in [0, 0.05) is 16.8 Å². The number of benzene rings is 3. The van der Waals surface area contributed by atoms with Crippen LogP contribution in [0, 0.1) is 0 Å². The number of para-hydroxylation sites is 2. The van der Waals surface area contributed by atoms with Crippen molar-refractivity contribution in [2.45, 2.75) is 0 Å². The maximum Gasteiger partial charge on any atom is 0.233 e. The Kier molecular flexibility index (Phi) is 4.38. The molecule has 118 valence electrons. The van der Waals surface area contributed by atoms with Crippen molar-refractivity contribution >= 4 is 22.9 Å². The minimum absolute atomic E-state index is 0.136. The zero-order chi connectivity index (χ0) is 16.9. The fraction of sp³-hybridized carbons (Fsp3) is 0. The third-order valence-corrected chi connectivity index (χ3v) is 3.57. The average Bonchev–Trinajstić information content (AvgIpc) is 2.64. The molecule has 0 unspecified atom stereocenters. The summed E-state index contributed by atoms with van der Waals surface area (Å²) in [4.78, 5) is 24.4. The number of rotatable bonds is 5. The van der Waals surface area contributed by atoms with Gasteiger partial charge in [-0.3, -0.25) is 9.59 Å². The average molecular weight is 317 g/mol. The lowest BCUT2D eigenvalue weighted by atomic mass is 10.0. The van der Waals surface area contributed by atoms with Crippen molar-refractivity contribution in [1.29, 1.82) is 0 Å². The van der Waals surface area contributed by atoms with E-state index in [4.69, 9.17) is 0 Å². The number of phenolic OH excluding ortho intramolecular Hbond substituents is 1. The smallest absolute Gasteiger partial charge is 0.233 e. The predicted molar refractivity (Wildman–Crippen MR) is 92.9 cm³/mol. The van der Waals surface area contributed by atoms with E-state index in [1.807, 2.05) is 0 Å². The van der Waals surface area contributed by atoms with Gasteiger partial charge in [-0.15, -0.1) is 0 Å². The molecule has 0 aliphatic heterocycles. The van der Waals surface area contributed by atoms with Gasteiger partial charge in [-0.05, 0) is 36.4 Å². The first-order valence-electron chi connectivity index (χ1n) is 7.44. The Morgan fingerprint density at radius 1 is 0.667 bits per heavy atom. The summed E-state index contributed by atoms with van der Waals surface area (Å²) in [5.74, 6) is -0.941. The topological polar surface area (TPSA) is 66.4 Å². The van der Waals surface area contributed by atoms with Gasteiger partial charge in [0.1, 0.15) is 5.75 Å². The van der Waals surface area contributed by atoms with Crippen LogP contribution < -0.4 is 5.32 Å². The fourth-order valence-electron chi connectivity index (χ4n) is 2.29. The molecule has 4 nitrogen and oxygen atoms in total. The van der Waals surface area contributed by atoms with E-state index in [1.165, 1.54) is 0 Å². The largest absolute Gasteiger partial charge is 0.506 e. The molecule has 0 heterocycles. The molecule has 0 fully saturated rings. The van der Waals surface area contributed by atoms with Crippen LogP contribution in [-0.4, -0.2) is 16.7 Å². The Labute approximate surface area is 139 Å². The van der Waals surface area contributed by atoms with Crippen LogP contribution in [0.3, 0.4) is 0 Å². The first kappa shape index (κ1) is 15.5. The Morgan fingerprint density at radius 2 is 1.21 bits per heavy atom. The summed E-state index contributed by atoms with van der Waals surface area (Å²) >= 11 is 0. The van der Waals surface area contributed by atoms with E-state index in [1.54, 1.807) is 78.9 Å². The van der Waals surface area contributed by atoms with E-state index in [2.05, 4.69) is 5.32 Å². The molecule has 24 heavy (non-hydrogen) atoms. The van der Waals surface area contributed by atoms with Crippen molar-refractivity contribution in [1.82, 2.24) is 0 Å². The van der Waals surface area contributed by atoms with Crippen LogP contribution in [0.15, 0.2) is 78.9 Å². The Balaban J connectivity index is 1.76. The van der Waals surface area contributed by atoms with Crippen LogP contribution >= 0.6 is 0 Å². The normalized spacial score (nSPS) is 10.2. The molecule has 0 saturated carbocycles. The number of nitrogens with one attached hydrogen (secondary N) is 1. The molecule has 0 aliphatic carbocycles. The standard InChI is InChI=1S/C20H15NO3/c22-18-9-5-4-8-17(18)21-16-12-10-15(11-13-16)20(24)19(23)14-6-2-1-3-7-14/h1-13,21-22H. The molecule has 0 radical (unpaired) electrons. The maximum atomic E-state index is 12.3. The summed E-state index contributed by atoms with van der Waals surface area (Å²) in [6, 6.07) is 21.9. The number of ketones is 2. The second-order valence-corrected chi connectivity index (χ2v) is 5.24. The van der Waals surface area contributed by atoms with E-state index in [0.29, 0.717) is 22.5 Å². The second-order valence-electron chi connectivity index (χ2n) is 5.24. The third-order valence-electron chi connectivity index (χ3n) is 3.57. The molecular formula is C20H15NO3. The molecule has 4 heteroatoms. The van der Waals surface area contributed by atoms with Crippen LogP contribution in [-0.2, 0) is 0 Å². The number of carbonyl (C=O) groups is 2. The molecular weight excluding hydrogens is 302 g/mol. The van der Waals surface area contributed by atoms with Gasteiger partial charge in [0.05, 0.1) is 5.69 Å². The van der Waals surface area contributed by atoms with Gasteiger partial charge in [0.2, 0.25) is 11.6 Å². The van der Waals surface area contributed by atoms with E-state index in [0.717, 1.165) is 0 Å². The summed E-state index contributed by atoms with van der Waals surface area (Å²) in [5.41, 5.74) is 1.97. The van der Waals surface area contributed by atoms with E-state index in [-0.39, 0.29) is 5.75 Å². The summed E-state index contributed by atoms with van der Waals surface area (Å²) in [6.07, 6.45) is 0. The molecule has 3 aromatic rings. The predicted octanol–water partition coefficient (Wildman–Crippen LogP) is 4.20. The van der Waals surface area contributed by atoms with Crippen molar-refractivity contribution in [3.63, 3.8) is 0 Å². The Hall–Kier alpha value is -3.40. The lowest BCUT2D eigenvalue weighted by Crippen LogP contribution is -2.14. The minimum Gasteiger partial charge on any atom is -0.506 e. The van der Waals surface area contributed by atoms with E-state index >= 15 is 0 Å². The van der Waals surface area contributed by atoms with Crippen molar-refractivity contribution < 1.29 is 14.7 Å². The highest BCUT2D eigenvalue weighted by molar-refractivity contribution is 6.49. The lowest BCUT2D eigenvalue weighted by Gasteiger charge is -2.08. The Bertz CT molecular complexity index is 871. The summed E-state index contributed by atoms with van der Waals surface area (Å²) in [7, 11) is 0. The molecule has 0 spiro atoms. The SMILES string of the molecule is O=C(C(=O)c1ccc(Nc2ccccc2O)cc1)c1ccccc1. The number of carbonyl (C=O) groups excluding carboxylic acids is 2. The molecule has 2 N–H and O–H groups in total. The molecule has 3 rings (SSSR count). The summed E-state index contributed by atoms with van der Waals surface area (Å²) in [6.45, 7) is 0. The van der Waals surface area contributed by atoms with Gasteiger partial charge in [-0.25, -0.2) is 0 Å². The molecule has 0 aromatic heterocycles. The van der Waals surface area contributed by atoms with Gasteiger partial charge >= 0.3 is 0 Å². The quantitative estimate of drug-likeness (QED) is 0.420. The van der Waals surface area contributed by atoms with Gasteiger partial charge in [0.15, 0.2) is 0 Å². The number of anilines is 2. The third kappa shape index (κ3) is 3.33. The summed E-state index contributed by atoms with van der Waals surface area (Å²) < 4.78 is 0. The van der Waals surface area contributed by atoms with Crippen molar-refractivity contribution in [3.8, 4) is 5.75 Å². The van der Waals surface area contributed by atoms with E-state index in [9.17, 15) is 14.7 Å². The summed E-state index contributed by atoms with van der Waals surface area (Å²) in [5, 5.41) is 12.8. The number of phenols is 1. The number of hydrogen-bond acceptors (Lipinski definition) is 4. The number of aromatic hydroxyl groups is 1. The molecule has 0 bridgehead atoms. The van der Waals surface area contributed by atoms with Crippen LogP contribution in [0.5, 0.6) is 5.75 Å². The molecule has 0 atom stereocenters. The zero-order valence-electron chi connectivity index (χ0n) is 12.8.